The first kappa shape index (κ1) is 11.7. The van der Waals surface area contributed by atoms with E-state index in [2.05, 4.69) is 28.2 Å². The molecule has 5 heteroatoms. The van der Waals surface area contributed by atoms with Crippen molar-refractivity contribution in [3.05, 3.63) is 30.3 Å². The van der Waals surface area contributed by atoms with Crippen molar-refractivity contribution in [2.24, 2.45) is 0 Å². The smallest absolute Gasteiger partial charge is 0.148 e. The Morgan fingerprint density at radius 2 is 2.06 bits per heavy atom. The second kappa shape index (κ2) is 5.54. The zero-order valence-electron chi connectivity index (χ0n) is 9.59. The SMILES string of the molecule is CN1CC(N(C)SNOc2ccccc2)C1. The third kappa shape index (κ3) is 3.12. The molecule has 0 spiro atoms. The van der Waals surface area contributed by atoms with E-state index >= 15 is 0 Å². The van der Waals surface area contributed by atoms with Gasteiger partial charge in [0.15, 0.2) is 0 Å². The molecule has 0 amide bonds. The Kier molecular flexibility index (Phi) is 4.06. The second-order valence-electron chi connectivity index (χ2n) is 4.01. The summed E-state index contributed by atoms with van der Waals surface area (Å²) in [4.78, 5) is 10.6. The summed E-state index contributed by atoms with van der Waals surface area (Å²) in [7, 11) is 4.20. The van der Waals surface area contributed by atoms with E-state index in [9.17, 15) is 0 Å². The van der Waals surface area contributed by atoms with Crippen molar-refractivity contribution in [1.29, 1.82) is 0 Å². The van der Waals surface area contributed by atoms with Crippen LogP contribution in [0.4, 0.5) is 0 Å². The van der Waals surface area contributed by atoms with Crippen LogP contribution >= 0.6 is 12.1 Å². The molecule has 88 valence electrons. The van der Waals surface area contributed by atoms with E-state index in [0.29, 0.717) is 6.04 Å². The number of hydrogen-bond donors (Lipinski definition) is 1. The van der Waals surface area contributed by atoms with Crippen LogP contribution in [0.25, 0.3) is 0 Å². The quantitative estimate of drug-likeness (QED) is 0.619. The van der Waals surface area contributed by atoms with Gasteiger partial charge in [0.05, 0.1) is 0 Å². The average Bonchev–Trinajstić information content (AvgIpc) is 2.26. The predicted octanol–water partition coefficient (Wildman–Crippen LogP) is 1.38. The first-order valence-electron chi connectivity index (χ1n) is 5.31. The molecule has 1 fully saturated rings. The predicted molar refractivity (Wildman–Crippen MR) is 66.8 cm³/mol. The maximum Gasteiger partial charge on any atom is 0.148 e. The molecule has 2 rings (SSSR count). The lowest BCUT2D eigenvalue weighted by Crippen LogP contribution is -2.55. The van der Waals surface area contributed by atoms with E-state index in [4.69, 9.17) is 4.84 Å². The van der Waals surface area contributed by atoms with Crippen LogP contribution in [-0.2, 0) is 0 Å². The Balaban J connectivity index is 1.64. The molecule has 1 heterocycles. The van der Waals surface area contributed by atoms with Crippen molar-refractivity contribution < 1.29 is 4.84 Å². The largest absolute Gasteiger partial charge is 0.397 e. The maximum absolute atomic E-state index is 5.38. The summed E-state index contributed by atoms with van der Waals surface area (Å²) in [5.74, 6) is 0.828. The Hall–Kier alpha value is -0.750. The highest BCUT2D eigenvalue weighted by atomic mass is 32.2. The van der Waals surface area contributed by atoms with E-state index in [1.54, 1.807) is 0 Å². The van der Waals surface area contributed by atoms with Gasteiger partial charge in [-0.2, -0.15) is 0 Å². The van der Waals surface area contributed by atoms with Gasteiger partial charge in [-0.1, -0.05) is 23.1 Å². The topological polar surface area (TPSA) is 27.7 Å². The van der Waals surface area contributed by atoms with Crippen LogP contribution in [0.15, 0.2) is 30.3 Å². The molecule has 1 aromatic carbocycles. The molecule has 0 atom stereocenters. The molecular weight excluding hydrogens is 222 g/mol. The molecule has 0 aliphatic carbocycles. The standard InChI is InChI=1S/C11H17N3OS/c1-13-8-10(9-13)14(2)16-12-15-11-6-4-3-5-7-11/h3-7,10,12H,8-9H2,1-2H3. The lowest BCUT2D eigenvalue weighted by Gasteiger charge is -2.40. The van der Waals surface area contributed by atoms with Crippen LogP contribution in [0, 0.1) is 0 Å². The van der Waals surface area contributed by atoms with Crippen LogP contribution < -0.4 is 9.72 Å². The Morgan fingerprint density at radius 3 is 2.69 bits per heavy atom. The van der Waals surface area contributed by atoms with Crippen LogP contribution in [0.1, 0.15) is 0 Å². The molecule has 0 radical (unpaired) electrons. The minimum absolute atomic E-state index is 0.613. The van der Waals surface area contributed by atoms with E-state index in [1.807, 2.05) is 30.3 Å². The molecule has 1 N–H and O–H groups in total. The first-order chi connectivity index (χ1) is 7.75. The number of likely N-dealkylation sites (tertiary alicyclic amines) is 1. The van der Waals surface area contributed by atoms with Crippen LogP contribution in [0.2, 0.25) is 0 Å². The van der Waals surface area contributed by atoms with Gasteiger partial charge in [0, 0.05) is 31.3 Å². The summed E-state index contributed by atoms with van der Waals surface area (Å²) in [5, 5.41) is 0. The number of nitrogens with one attached hydrogen (secondary N) is 1. The summed E-state index contributed by atoms with van der Waals surface area (Å²) in [6.07, 6.45) is 0. The third-order valence-corrected chi connectivity index (χ3v) is 3.39. The van der Waals surface area contributed by atoms with Gasteiger partial charge in [0.25, 0.3) is 0 Å². The number of hydrogen-bond acceptors (Lipinski definition) is 5. The molecule has 16 heavy (non-hydrogen) atoms. The first-order valence-corrected chi connectivity index (χ1v) is 6.08. The molecule has 0 bridgehead atoms. The maximum atomic E-state index is 5.38. The lowest BCUT2D eigenvalue weighted by atomic mass is 10.1. The minimum Gasteiger partial charge on any atom is -0.397 e. The highest BCUT2D eigenvalue weighted by Gasteiger charge is 2.27. The Morgan fingerprint density at radius 1 is 1.38 bits per heavy atom. The summed E-state index contributed by atoms with van der Waals surface area (Å²) < 4.78 is 2.18. The summed E-state index contributed by atoms with van der Waals surface area (Å²) in [6, 6.07) is 10.3. The fourth-order valence-corrected chi connectivity index (χ4v) is 2.12. The zero-order chi connectivity index (χ0) is 11.4. The van der Waals surface area contributed by atoms with Crippen molar-refractivity contribution in [1.82, 2.24) is 14.1 Å². The van der Waals surface area contributed by atoms with Gasteiger partial charge in [0.1, 0.15) is 5.75 Å². The fourth-order valence-electron chi connectivity index (χ4n) is 1.58. The average molecular weight is 239 g/mol. The van der Waals surface area contributed by atoms with E-state index in [-0.39, 0.29) is 0 Å². The van der Waals surface area contributed by atoms with Gasteiger partial charge in [-0.05, 0) is 26.2 Å². The van der Waals surface area contributed by atoms with Crippen molar-refractivity contribution in [2.75, 3.05) is 27.2 Å². The minimum atomic E-state index is 0.613. The van der Waals surface area contributed by atoms with Crippen molar-refractivity contribution in [2.45, 2.75) is 6.04 Å². The van der Waals surface area contributed by atoms with E-state index in [0.717, 1.165) is 18.8 Å². The summed E-state index contributed by atoms with van der Waals surface area (Å²) >= 11 is 1.49. The highest BCUT2D eigenvalue weighted by molar-refractivity contribution is 7.94. The van der Waals surface area contributed by atoms with E-state index in [1.165, 1.54) is 12.1 Å². The lowest BCUT2D eigenvalue weighted by molar-refractivity contribution is 0.122. The van der Waals surface area contributed by atoms with Crippen molar-refractivity contribution >= 4 is 12.1 Å². The van der Waals surface area contributed by atoms with Gasteiger partial charge in [0.2, 0.25) is 0 Å². The number of nitrogens with zero attached hydrogens (tertiary/aromatic N) is 2. The van der Waals surface area contributed by atoms with Gasteiger partial charge in [-0.3, -0.25) is 0 Å². The molecule has 1 aliphatic rings. The van der Waals surface area contributed by atoms with Crippen molar-refractivity contribution in [3.8, 4) is 5.75 Å². The van der Waals surface area contributed by atoms with Gasteiger partial charge < -0.3 is 9.74 Å². The molecular formula is C11H17N3OS. The van der Waals surface area contributed by atoms with Crippen LogP contribution in [0.5, 0.6) is 5.75 Å². The number of likely N-dealkylation sites (N-methyl/N-ethyl adjacent to an activating group) is 2. The normalized spacial score (nSPS) is 17.4. The van der Waals surface area contributed by atoms with E-state index < -0.39 is 0 Å². The molecule has 0 unspecified atom stereocenters. The fraction of sp³-hybridized carbons (Fsp3) is 0.455. The van der Waals surface area contributed by atoms with Gasteiger partial charge in [-0.25, -0.2) is 4.31 Å². The molecule has 1 aliphatic heterocycles. The number of benzene rings is 1. The van der Waals surface area contributed by atoms with Gasteiger partial charge >= 0.3 is 0 Å². The zero-order valence-corrected chi connectivity index (χ0v) is 10.4. The van der Waals surface area contributed by atoms with Gasteiger partial charge in [-0.15, -0.1) is 0 Å². The Bertz CT molecular complexity index is 316. The molecule has 4 nitrogen and oxygen atoms in total. The Labute approximate surface area is 101 Å². The third-order valence-electron chi connectivity index (χ3n) is 2.64. The van der Waals surface area contributed by atoms with Crippen molar-refractivity contribution in [3.63, 3.8) is 0 Å². The highest BCUT2D eigenvalue weighted by Crippen LogP contribution is 2.17. The van der Waals surface area contributed by atoms with Crippen LogP contribution in [0.3, 0.4) is 0 Å². The number of para-hydroxylation sites is 1. The summed E-state index contributed by atoms with van der Waals surface area (Å²) in [5.41, 5.74) is 0. The second-order valence-corrected chi connectivity index (χ2v) is 4.94. The molecule has 0 aromatic heterocycles. The molecule has 1 saturated heterocycles. The molecule has 0 saturated carbocycles. The summed E-state index contributed by atoms with van der Waals surface area (Å²) in [6.45, 7) is 2.24. The van der Waals surface area contributed by atoms with Crippen LogP contribution in [-0.4, -0.2) is 42.4 Å². The molecule has 1 aromatic rings. The monoisotopic (exact) mass is 239 g/mol. The number of rotatable bonds is 5.